The van der Waals surface area contributed by atoms with Crippen LogP contribution >= 0.6 is 12.2 Å². The molecule has 0 saturated carbocycles. The highest BCUT2D eigenvalue weighted by Crippen LogP contribution is 2.18. The summed E-state index contributed by atoms with van der Waals surface area (Å²) in [5.74, 6) is 1.01. The van der Waals surface area contributed by atoms with Crippen LogP contribution in [0.4, 0.5) is 0 Å². The van der Waals surface area contributed by atoms with Crippen molar-refractivity contribution in [3.8, 4) is 11.4 Å². The average molecular weight is 346 g/mol. The lowest BCUT2D eigenvalue weighted by Gasteiger charge is -2.22. The average Bonchev–Trinajstić information content (AvgIpc) is 2.95. The van der Waals surface area contributed by atoms with E-state index < -0.39 is 0 Å². The van der Waals surface area contributed by atoms with Gasteiger partial charge in [0.15, 0.2) is 10.6 Å². The summed E-state index contributed by atoms with van der Waals surface area (Å²) in [6, 6.07) is 7.99. The molecule has 128 valence electrons. The zero-order chi connectivity index (χ0) is 16.9. The largest absolute Gasteiger partial charge is 0.381 e. The molecule has 1 aromatic carbocycles. The van der Waals surface area contributed by atoms with Crippen molar-refractivity contribution in [2.45, 2.75) is 26.3 Å². The van der Waals surface area contributed by atoms with Gasteiger partial charge in [0.1, 0.15) is 6.54 Å². The fourth-order valence-electron chi connectivity index (χ4n) is 2.81. The van der Waals surface area contributed by atoms with E-state index in [1.165, 1.54) is 5.56 Å². The second-order valence-electron chi connectivity index (χ2n) is 6.19. The Balaban J connectivity index is 1.66. The highest BCUT2D eigenvalue weighted by atomic mass is 32.1. The molecule has 2 heterocycles. The second kappa shape index (κ2) is 7.72. The van der Waals surface area contributed by atoms with Gasteiger partial charge >= 0.3 is 0 Å². The zero-order valence-corrected chi connectivity index (χ0v) is 14.6. The molecule has 2 aromatic rings. The number of aromatic nitrogens is 3. The summed E-state index contributed by atoms with van der Waals surface area (Å²) in [7, 11) is 0. The molecule has 0 radical (unpaired) electrons. The molecule has 1 aliphatic heterocycles. The van der Waals surface area contributed by atoms with Gasteiger partial charge in [-0.1, -0.05) is 29.8 Å². The van der Waals surface area contributed by atoms with Crippen LogP contribution in [0.1, 0.15) is 18.4 Å². The Morgan fingerprint density at radius 2 is 2.25 bits per heavy atom. The van der Waals surface area contributed by atoms with E-state index >= 15 is 0 Å². The Kier molecular flexibility index (Phi) is 5.42. The van der Waals surface area contributed by atoms with E-state index in [-0.39, 0.29) is 12.5 Å². The minimum atomic E-state index is -0.0635. The predicted molar refractivity (Wildman–Crippen MR) is 94.1 cm³/mol. The normalized spacial score (nSPS) is 17.6. The van der Waals surface area contributed by atoms with Gasteiger partial charge in [0.2, 0.25) is 5.91 Å². The van der Waals surface area contributed by atoms with Crippen molar-refractivity contribution in [2.75, 3.05) is 19.8 Å². The molecule has 1 amide bonds. The van der Waals surface area contributed by atoms with Crippen molar-refractivity contribution < 1.29 is 9.53 Å². The Labute approximate surface area is 146 Å². The zero-order valence-electron chi connectivity index (χ0n) is 13.7. The van der Waals surface area contributed by atoms with E-state index in [0.717, 1.165) is 31.6 Å². The predicted octanol–water partition coefficient (Wildman–Crippen LogP) is 2.46. The number of nitrogens with zero attached hydrogens (tertiary/aromatic N) is 2. The van der Waals surface area contributed by atoms with Gasteiger partial charge in [-0.15, -0.1) is 0 Å². The lowest BCUT2D eigenvalue weighted by atomic mass is 10.0. The molecule has 0 spiro atoms. The standard InChI is InChI=1S/C17H22N4O2S/c1-12-4-6-14(7-5-12)16-19-20-17(24)21(16)10-15(22)18-9-13-3-2-8-23-11-13/h4-7,13H,2-3,8-11H2,1H3,(H,18,22)(H,20,24)/t13-/m1/s1. The SMILES string of the molecule is Cc1ccc(-c2n[nH]c(=S)n2CC(=O)NC[C@H]2CCCOC2)cc1. The number of aryl methyl sites for hydroxylation is 1. The van der Waals surface area contributed by atoms with Crippen molar-refractivity contribution in [3.05, 3.63) is 34.6 Å². The van der Waals surface area contributed by atoms with Gasteiger partial charge in [-0.2, -0.15) is 5.10 Å². The van der Waals surface area contributed by atoms with Crippen LogP contribution in [0.15, 0.2) is 24.3 Å². The van der Waals surface area contributed by atoms with Gasteiger partial charge in [-0.25, -0.2) is 0 Å². The Morgan fingerprint density at radius 3 is 2.96 bits per heavy atom. The van der Waals surface area contributed by atoms with E-state index in [2.05, 4.69) is 15.5 Å². The summed E-state index contributed by atoms with van der Waals surface area (Å²) < 4.78 is 7.61. The van der Waals surface area contributed by atoms with Crippen molar-refractivity contribution >= 4 is 18.1 Å². The topological polar surface area (TPSA) is 71.9 Å². The van der Waals surface area contributed by atoms with Crippen molar-refractivity contribution in [1.29, 1.82) is 0 Å². The molecule has 0 bridgehead atoms. The van der Waals surface area contributed by atoms with E-state index in [9.17, 15) is 4.79 Å². The van der Waals surface area contributed by atoms with E-state index in [4.69, 9.17) is 17.0 Å². The van der Waals surface area contributed by atoms with E-state index in [0.29, 0.717) is 23.1 Å². The quantitative estimate of drug-likeness (QED) is 0.816. The number of H-pyrrole nitrogens is 1. The summed E-state index contributed by atoms with van der Waals surface area (Å²) in [6.45, 7) is 4.38. The number of rotatable bonds is 5. The number of benzene rings is 1. The maximum atomic E-state index is 12.3. The van der Waals surface area contributed by atoms with Gasteiger partial charge < -0.3 is 10.1 Å². The Hall–Kier alpha value is -1.99. The van der Waals surface area contributed by atoms with E-state index in [1.54, 1.807) is 4.57 Å². The van der Waals surface area contributed by atoms with Gasteiger partial charge in [0.25, 0.3) is 0 Å². The van der Waals surface area contributed by atoms with Gasteiger partial charge in [-0.3, -0.25) is 14.5 Å². The fraction of sp³-hybridized carbons (Fsp3) is 0.471. The smallest absolute Gasteiger partial charge is 0.240 e. The number of hydrogen-bond acceptors (Lipinski definition) is 4. The van der Waals surface area contributed by atoms with Crippen molar-refractivity contribution in [2.24, 2.45) is 5.92 Å². The third-order valence-electron chi connectivity index (χ3n) is 4.21. The number of aromatic amines is 1. The number of carbonyl (C=O) groups excluding carboxylic acids is 1. The van der Waals surface area contributed by atoms with Crippen molar-refractivity contribution in [1.82, 2.24) is 20.1 Å². The summed E-state index contributed by atoms with van der Waals surface area (Å²) >= 11 is 5.27. The summed E-state index contributed by atoms with van der Waals surface area (Å²) in [6.07, 6.45) is 2.16. The third kappa shape index (κ3) is 4.10. The minimum Gasteiger partial charge on any atom is -0.381 e. The van der Waals surface area contributed by atoms with Crippen LogP contribution in [-0.2, 0) is 16.1 Å². The van der Waals surface area contributed by atoms with Crippen LogP contribution < -0.4 is 5.32 Å². The van der Waals surface area contributed by atoms with Crippen LogP contribution in [-0.4, -0.2) is 40.4 Å². The lowest BCUT2D eigenvalue weighted by molar-refractivity contribution is -0.122. The molecule has 6 nitrogen and oxygen atoms in total. The third-order valence-corrected chi connectivity index (χ3v) is 4.52. The van der Waals surface area contributed by atoms with Crippen LogP contribution in [0.25, 0.3) is 11.4 Å². The molecular formula is C17H22N4O2S. The molecule has 24 heavy (non-hydrogen) atoms. The number of ether oxygens (including phenoxy) is 1. The molecule has 2 N–H and O–H groups in total. The number of amides is 1. The van der Waals surface area contributed by atoms with Crippen LogP contribution in [0.5, 0.6) is 0 Å². The van der Waals surface area contributed by atoms with E-state index in [1.807, 2.05) is 31.2 Å². The molecular weight excluding hydrogens is 324 g/mol. The summed E-state index contributed by atoms with van der Waals surface area (Å²) in [5, 5.41) is 10.0. The number of carbonyl (C=O) groups is 1. The molecule has 1 saturated heterocycles. The Bertz CT molecular complexity index is 745. The first-order valence-corrected chi connectivity index (χ1v) is 8.61. The molecule has 1 aliphatic rings. The number of hydrogen-bond donors (Lipinski definition) is 2. The summed E-state index contributed by atoms with van der Waals surface area (Å²) in [4.78, 5) is 12.3. The molecule has 1 aromatic heterocycles. The van der Waals surface area contributed by atoms with Crippen LogP contribution in [0.3, 0.4) is 0 Å². The van der Waals surface area contributed by atoms with Crippen LogP contribution in [0.2, 0.25) is 0 Å². The maximum absolute atomic E-state index is 12.3. The lowest BCUT2D eigenvalue weighted by Crippen LogP contribution is -2.35. The highest BCUT2D eigenvalue weighted by molar-refractivity contribution is 7.71. The Morgan fingerprint density at radius 1 is 1.46 bits per heavy atom. The molecule has 1 fully saturated rings. The first-order valence-electron chi connectivity index (χ1n) is 8.20. The number of nitrogens with one attached hydrogen (secondary N) is 2. The molecule has 3 rings (SSSR count). The summed E-state index contributed by atoms with van der Waals surface area (Å²) in [5.41, 5.74) is 2.10. The second-order valence-corrected chi connectivity index (χ2v) is 6.58. The van der Waals surface area contributed by atoms with Gasteiger partial charge in [-0.05, 0) is 37.9 Å². The molecule has 1 atom stereocenters. The monoisotopic (exact) mass is 346 g/mol. The first-order chi connectivity index (χ1) is 11.6. The van der Waals surface area contributed by atoms with Gasteiger partial charge in [0, 0.05) is 18.7 Å². The van der Waals surface area contributed by atoms with Crippen LogP contribution in [0, 0.1) is 17.6 Å². The fourth-order valence-corrected chi connectivity index (χ4v) is 3.01. The molecule has 0 aliphatic carbocycles. The minimum absolute atomic E-state index is 0.0635. The van der Waals surface area contributed by atoms with Crippen molar-refractivity contribution in [3.63, 3.8) is 0 Å². The molecule has 0 unspecified atom stereocenters. The molecule has 7 heteroatoms. The first kappa shape index (κ1) is 16.9. The maximum Gasteiger partial charge on any atom is 0.240 e. The van der Waals surface area contributed by atoms with Gasteiger partial charge in [0.05, 0.1) is 6.61 Å². The highest BCUT2D eigenvalue weighted by Gasteiger charge is 2.16.